The summed E-state index contributed by atoms with van der Waals surface area (Å²) in [6.07, 6.45) is 3.52. The molecule has 9 heteroatoms. The molecule has 2 N–H and O–H groups in total. The van der Waals surface area contributed by atoms with E-state index in [1.807, 2.05) is 13.0 Å². The number of aromatic nitrogens is 3. The molecule has 3 aromatic heterocycles. The molecule has 1 atom stereocenters. The lowest BCUT2D eigenvalue weighted by Gasteiger charge is -2.16. The van der Waals surface area contributed by atoms with Crippen LogP contribution < -0.4 is 16.4 Å². The molecule has 1 fully saturated rings. The highest BCUT2D eigenvalue weighted by Gasteiger charge is 2.20. The SMILES string of the molecule is COCCn1c(=N)c(C(=O)NC[C@@H]2CCCO2)cc2c(=O)n3cccc(C)c3nc21. The third-order valence-electron chi connectivity index (χ3n) is 5.41. The maximum atomic E-state index is 13.2. The number of aryl methyl sites for hydroxylation is 1. The maximum absolute atomic E-state index is 13.2. The van der Waals surface area contributed by atoms with Crippen LogP contribution in [0.2, 0.25) is 0 Å². The van der Waals surface area contributed by atoms with E-state index in [1.165, 1.54) is 10.5 Å². The van der Waals surface area contributed by atoms with Crippen LogP contribution in [0.4, 0.5) is 0 Å². The van der Waals surface area contributed by atoms with E-state index in [0.717, 1.165) is 18.4 Å². The normalized spacial score (nSPS) is 16.4. The van der Waals surface area contributed by atoms with E-state index in [9.17, 15) is 9.59 Å². The summed E-state index contributed by atoms with van der Waals surface area (Å²) in [7, 11) is 1.56. The highest BCUT2D eigenvalue weighted by atomic mass is 16.5. The third kappa shape index (κ3) is 3.61. The second-order valence-corrected chi connectivity index (χ2v) is 7.44. The number of carbonyl (C=O) groups is 1. The first-order chi connectivity index (χ1) is 14.5. The fourth-order valence-electron chi connectivity index (χ4n) is 3.78. The van der Waals surface area contributed by atoms with Gasteiger partial charge in [-0.15, -0.1) is 0 Å². The van der Waals surface area contributed by atoms with Crippen LogP contribution >= 0.6 is 0 Å². The van der Waals surface area contributed by atoms with Gasteiger partial charge in [-0.2, -0.15) is 0 Å². The number of carbonyl (C=O) groups excluding carboxylic acids is 1. The predicted molar refractivity (Wildman–Crippen MR) is 111 cm³/mol. The zero-order valence-electron chi connectivity index (χ0n) is 17.1. The Bertz CT molecular complexity index is 1220. The number of hydrogen-bond acceptors (Lipinski definition) is 6. The summed E-state index contributed by atoms with van der Waals surface area (Å²) in [5.41, 5.74) is 1.58. The van der Waals surface area contributed by atoms with Crippen molar-refractivity contribution in [3.63, 3.8) is 0 Å². The summed E-state index contributed by atoms with van der Waals surface area (Å²) in [6.45, 7) is 3.57. The van der Waals surface area contributed by atoms with Gasteiger partial charge in [-0.1, -0.05) is 6.07 Å². The van der Waals surface area contributed by atoms with E-state index in [0.29, 0.717) is 37.6 Å². The van der Waals surface area contributed by atoms with Crippen LogP contribution in [0.1, 0.15) is 28.8 Å². The van der Waals surface area contributed by atoms with Gasteiger partial charge >= 0.3 is 0 Å². The fraction of sp³-hybridized carbons (Fsp3) is 0.429. The second-order valence-electron chi connectivity index (χ2n) is 7.44. The Hall–Kier alpha value is -3.04. The number of amides is 1. The summed E-state index contributed by atoms with van der Waals surface area (Å²) in [5.74, 6) is -0.405. The van der Waals surface area contributed by atoms with Gasteiger partial charge in [0.05, 0.1) is 23.7 Å². The van der Waals surface area contributed by atoms with Crippen molar-refractivity contribution in [2.45, 2.75) is 32.4 Å². The van der Waals surface area contributed by atoms with E-state index >= 15 is 0 Å². The Morgan fingerprint density at radius 2 is 2.27 bits per heavy atom. The molecule has 1 aliphatic rings. The first kappa shape index (κ1) is 20.2. The third-order valence-corrected chi connectivity index (χ3v) is 5.41. The van der Waals surface area contributed by atoms with E-state index in [2.05, 4.69) is 10.3 Å². The van der Waals surface area contributed by atoms with Gasteiger partial charge in [0, 0.05) is 33.0 Å². The topological polar surface area (TPSA) is 111 Å². The lowest BCUT2D eigenvalue weighted by molar-refractivity contribution is 0.0855. The number of pyridine rings is 2. The number of nitrogens with zero attached hydrogens (tertiary/aromatic N) is 3. The van der Waals surface area contributed by atoms with Crippen molar-refractivity contribution in [1.29, 1.82) is 5.41 Å². The van der Waals surface area contributed by atoms with Crippen LogP contribution in [0.25, 0.3) is 16.7 Å². The van der Waals surface area contributed by atoms with Crippen LogP contribution in [0, 0.1) is 12.3 Å². The summed E-state index contributed by atoms with van der Waals surface area (Å²) >= 11 is 0. The van der Waals surface area contributed by atoms with Gasteiger partial charge in [0.15, 0.2) is 0 Å². The Balaban J connectivity index is 1.86. The van der Waals surface area contributed by atoms with Crippen molar-refractivity contribution in [3.8, 4) is 0 Å². The lowest BCUT2D eigenvalue weighted by atomic mass is 10.1. The molecule has 4 heterocycles. The zero-order valence-corrected chi connectivity index (χ0v) is 17.1. The van der Waals surface area contributed by atoms with Crippen molar-refractivity contribution >= 4 is 22.6 Å². The Morgan fingerprint density at radius 3 is 3.00 bits per heavy atom. The van der Waals surface area contributed by atoms with Crippen molar-refractivity contribution < 1.29 is 14.3 Å². The van der Waals surface area contributed by atoms with E-state index in [4.69, 9.17) is 14.9 Å². The Morgan fingerprint density at radius 1 is 1.43 bits per heavy atom. The molecule has 1 saturated heterocycles. The molecular formula is C21H25N5O4. The molecule has 0 unspecified atom stereocenters. The largest absolute Gasteiger partial charge is 0.383 e. The van der Waals surface area contributed by atoms with E-state index in [-0.39, 0.29) is 28.1 Å². The molecule has 0 saturated carbocycles. The van der Waals surface area contributed by atoms with Gasteiger partial charge in [-0.3, -0.25) is 19.4 Å². The van der Waals surface area contributed by atoms with E-state index < -0.39 is 5.91 Å². The average Bonchev–Trinajstić information content (AvgIpc) is 3.26. The minimum absolute atomic E-state index is 0.00535. The predicted octanol–water partition coefficient (Wildman–Crippen LogP) is 0.992. The number of fused-ring (bicyclic) bond motifs is 2. The highest BCUT2D eigenvalue weighted by molar-refractivity contribution is 5.96. The second kappa shape index (κ2) is 8.37. The number of ether oxygens (including phenoxy) is 2. The van der Waals surface area contributed by atoms with Crippen LogP contribution in [-0.4, -0.2) is 52.8 Å². The minimum atomic E-state index is -0.405. The quantitative estimate of drug-likeness (QED) is 0.588. The van der Waals surface area contributed by atoms with Crippen molar-refractivity contribution in [2.75, 3.05) is 26.9 Å². The molecule has 0 spiro atoms. The molecule has 1 aliphatic heterocycles. The lowest BCUT2D eigenvalue weighted by Crippen LogP contribution is -2.38. The molecule has 1 amide bonds. The number of hydrogen-bond donors (Lipinski definition) is 2. The number of nitrogens with one attached hydrogen (secondary N) is 2. The van der Waals surface area contributed by atoms with E-state index in [1.54, 1.807) is 23.9 Å². The standard InChI is InChI=1S/C21H25N5O4/c1-13-5-3-7-26-18(13)24-19-16(21(26)28)11-15(17(22)25(19)8-10-29-2)20(27)23-12-14-6-4-9-30-14/h3,5,7,11,14,22H,4,6,8-10,12H2,1-2H3,(H,23,27)/t14-/m0/s1. The van der Waals surface area contributed by atoms with Crippen LogP contribution in [0.3, 0.4) is 0 Å². The van der Waals surface area contributed by atoms with Gasteiger partial charge in [0.1, 0.15) is 16.8 Å². The van der Waals surface area contributed by atoms with Crippen molar-refractivity contribution in [2.24, 2.45) is 0 Å². The van der Waals surface area contributed by atoms with Gasteiger partial charge in [0.25, 0.3) is 11.5 Å². The summed E-state index contributed by atoms with van der Waals surface area (Å²) in [6, 6.07) is 5.13. The molecule has 158 valence electrons. The average molecular weight is 411 g/mol. The molecule has 3 aromatic rings. The fourth-order valence-corrected chi connectivity index (χ4v) is 3.78. The van der Waals surface area contributed by atoms with Crippen molar-refractivity contribution in [1.82, 2.24) is 19.3 Å². The first-order valence-electron chi connectivity index (χ1n) is 10.00. The van der Waals surface area contributed by atoms with Crippen molar-refractivity contribution in [3.05, 3.63) is 51.4 Å². The number of methoxy groups -OCH3 is 1. The Kier molecular flexibility index (Phi) is 5.65. The van der Waals surface area contributed by atoms with Gasteiger partial charge in [-0.05, 0) is 37.5 Å². The van der Waals surface area contributed by atoms with Crippen LogP contribution in [0.5, 0.6) is 0 Å². The van der Waals surface area contributed by atoms with Crippen LogP contribution in [0.15, 0.2) is 29.2 Å². The molecule has 4 rings (SSSR count). The van der Waals surface area contributed by atoms with Gasteiger partial charge < -0.3 is 19.4 Å². The van der Waals surface area contributed by atoms with Gasteiger partial charge in [-0.25, -0.2) is 4.98 Å². The molecule has 30 heavy (non-hydrogen) atoms. The summed E-state index contributed by atoms with van der Waals surface area (Å²) in [4.78, 5) is 30.7. The summed E-state index contributed by atoms with van der Waals surface area (Å²) in [5, 5.41) is 11.7. The van der Waals surface area contributed by atoms with Gasteiger partial charge in [0.2, 0.25) is 0 Å². The smallest absolute Gasteiger partial charge is 0.267 e. The molecule has 0 aromatic carbocycles. The molecule has 0 bridgehead atoms. The van der Waals surface area contributed by atoms with Crippen LogP contribution in [-0.2, 0) is 16.0 Å². The molecular weight excluding hydrogens is 386 g/mol. The molecule has 9 nitrogen and oxygen atoms in total. The first-order valence-corrected chi connectivity index (χ1v) is 10.00. The zero-order chi connectivity index (χ0) is 21.3. The maximum Gasteiger partial charge on any atom is 0.267 e. The monoisotopic (exact) mass is 411 g/mol. The minimum Gasteiger partial charge on any atom is -0.383 e. The summed E-state index contributed by atoms with van der Waals surface area (Å²) < 4.78 is 13.8. The highest BCUT2D eigenvalue weighted by Crippen LogP contribution is 2.14. The Labute approximate surface area is 172 Å². The number of rotatable bonds is 6. The molecule has 0 radical (unpaired) electrons. The molecule has 0 aliphatic carbocycles.